The maximum Gasteiger partial charge on any atom is 0.125 e. The third kappa shape index (κ3) is 1.33. The van der Waals surface area contributed by atoms with Crippen LogP contribution in [-0.4, -0.2) is 9.97 Å². The summed E-state index contributed by atoms with van der Waals surface area (Å²) in [6, 6.07) is 0. The molecule has 0 aromatic carbocycles. The molecular formula is C7H4BrIN2. The van der Waals surface area contributed by atoms with Crippen LogP contribution in [0.3, 0.4) is 0 Å². The Hall–Kier alpha value is 0.0300. The molecule has 11 heavy (non-hydrogen) atoms. The molecule has 0 fully saturated rings. The van der Waals surface area contributed by atoms with Crippen molar-refractivity contribution >= 4 is 42.1 Å². The van der Waals surface area contributed by atoms with Crippen molar-refractivity contribution in [2.24, 2.45) is 0 Å². The predicted octanol–water partition coefficient (Wildman–Crippen LogP) is 2.57. The number of hydrogen-bond acceptors (Lipinski definition) is 2. The lowest BCUT2D eigenvalue weighted by molar-refractivity contribution is 1.05. The first-order valence-electron chi connectivity index (χ1n) is 3.15. The average molecular weight is 323 g/mol. The second-order valence-corrected chi connectivity index (χ2v) is 4.22. The number of hydrogen-bond donors (Lipinski definition) is 0. The third-order valence-corrected chi connectivity index (χ3v) is 2.85. The van der Waals surface area contributed by atoms with E-state index in [1.807, 2.05) is 0 Å². The largest absolute Gasteiger partial charge is 0.256 e. The highest BCUT2D eigenvalue weighted by Crippen LogP contribution is 2.29. The van der Waals surface area contributed by atoms with Crippen molar-refractivity contribution in [2.45, 2.75) is 6.42 Å². The Kier molecular flexibility index (Phi) is 1.97. The fourth-order valence-electron chi connectivity index (χ4n) is 1.02. The second kappa shape index (κ2) is 2.82. The van der Waals surface area contributed by atoms with Crippen molar-refractivity contribution in [3.05, 3.63) is 28.3 Å². The zero-order chi connectivity index (χ0) is 7.84. The van der Waals surface area contributed by atoms with Gasteiger partial charge < -0.3 is 0 Å². The molecular weight excluding hydrogens is 319 g/mol. The van der Waals surface area contributed by atoms with Crippen LogP contribution < -0.4 is 0 Å². The number of aromatic nitrogens is 2. The lowest BCUT2D eigenvalue weighted by Crippen LogP contribution is -1.91. The first-order valence-corrected chi connectivity index (χ1v) is 5.02. The highest BCUT2D eigenvalue weighted by molar-refractivity contribution is 14.1. The molecule has 4 heteroatoms. The van der Waals surface area contributed by atoms with Crippen molar-refractivity contribution in [1.82, 2.24) is 9.97 Å². The van der Waals surface area contributed by atoms with Crippen molar-refractivity contribution in [3.63, 3.8) is 0 Å². The van der Waals surface area contributed by atoms with E-state index in [0.29, 0.717) is 0 Å². The summed E-state index contributed by atoms with van der Waals surface area (Å²) in [4.78, 5) is 8.56. The number of halogens is 2. The topological polar surface area (TPSA) is 25.8 Å². The van der Waals surface area contributed by atoms with E-state index in [9.17, 15) is 0 Å². The van der Waals surface area contributed by atoms with Crippen LogP contribution in [0.1, 0.15) is 11.4 Å². The quantitative estimate of drug-likeness (QED) is 0.686. The maximum absolute atomic E-state index is 4.31. The van der Waals surface area contributed by atoms with Gasteiger partial charge in [-0.25, -0.2) is 4.98 Å². The summed E-state index contributed by atoms with van der Waals surface area (Å²) < 4.78 is 2.01. The summed E-state index contributed by atoms with van der Waals surface area (Å²) in [5.41, 5.74) is 2.11. The SMILES string of the molecule is Brc1cnc2c(n1)C(I)=CC2. The normalized spacial score (nSPS) is 14.5. The summed E-state index contributed by atoms with van der Waals surface area (Å²) in [5, 5.41) is 0. The van der Waals surface area contributed by atoms with Crippen LogP contribution in [0, 0.1) is 0 Å². The van der Waals surface area contributed by atoms with Gasteiger partial charge in [0, 0.05) is 10.0 Å². The summed E-state index contributed by atoms with van der Waals surface area (Å²) in [5.74, 6) is 0. The minimum Gasteiger partial charge on any atom is -0.256 e. The molecule has 0 bridgehead atoms. The molecule has 1 heterocycles. The van der Waals surface area contributed by atoms with Crippen molar-refractivity contribution < 1.29 is 0 Å². The van der Waals surface area contributed by atoms with E-state index >= 15 is 0 Å². The van der Waals surface area contributed by atoms with Crippen molar-refractivity contribution in [2.75, 3.05) is 0 Å². The van der Waals surface area contributed by atoms with Gasteiger partial charge in [0.1, 0.15) is 4.60 Å². The first kappa shape index (κ1) is 7.67. The minimum absolute atomic E-state index is 0.806. The van der Waals surface area contributed by atoms with E-state index in [4.69, 9.17) is 0 Å². The second-order valence-electron chi connectivity index (χ2n) is 2.24. The zero-order valence-electron chi connectivity index (χ0n) is 5.51. The Morgan fingerprint density at radius 3 is 3.18 bits per heavy atom. The fourth-order valence-corrected chi connectivity index (χ4v) is 1.95. The molecule has 2 nitrogen and oxygen atoms in total. The molecule has 1 aromatic rings. The Balaban J connectivity index is 2.60. The average Bonchev–Trinajstić information content (AvgIpc) is 2.33. The third-order valence-electron chi connectivity index (χ3n) is 1.52. The van der Waals surface area contributed by atoms with Crippen molar-refractivity contribution in [1.29, 1.82) is 0 Å². The molecule has 1 aliphatic carbocycles. The number of allylic oxidation sites excluding steroid dienone is 1. The van der Waals surface area contributed by atoms with E-state index in [1.165, 1.54) is 3.58 Å². The fraction of sp³-hybridized carbons (Fsp3) is 0.143. The molecule has 0 N–H and O–H groups in total. The van der Waals surface area contributed by atoms with Gasteiger partial charge in [-0.2, -0.15) is 0 Å². The minimum atomic E-state index is 0.806. The van der Waals surface area contributed by atoms with Gasteiger partial charge in [0.15, 0.2) is 0 Å². The van der Waals surface area contributed by atoms with Gasteiger partial charge in [-0.1, -0.05) is 6.08 Å². The van der Waals surface area contributed by atoms with Crippen LogP contribution in [0.2, 0.25) is 0 Å². The van der Waals surface area contributed by atoms with Gasteiger partial charge in [0.25, 0.3) is 0 Å². The van der Waals surface area contributed by atoms with Gasteiger partial charge >= 0.3 is 0 Å². The zero-order valence-corrected chi connectivity index (χ0v) is 9.26. The van der Waals surface area contributed by atoms with E-state index in [2.05, 4.69) is 54.6 Å². The van der Waals surface area contributed by atoms with Crippen LogP contribution in [0.5, 0.6) is 0 Å². The molecule has 2 rings (SSSR count). The Bertz CT molecular complexity index is 335. The smallest absolute Gasteiger partial charge is 0.125 e. The molecule has 56 valence electrons. The Labute approximate surface area is 86.4 Å². The standard InChI is InChI=1S/C7H4BrIN2/c8-6-3-10-5-2-1-4(9)7(5)11-6/h1,3H,2H2. The van der Waals surface area contributed by atoms with Crippen molar-refractivity contribution in [3.8, 4) is 0 Å². The van der Waals surface area contributed by atoms with E-state index < -0.39 is 0 Å². The predicted molar refractivity (Wildman–Crippen MR) is 55.4 cm³/mol. The van der Waals surface area contributed by atoms with E-state index in [0.717, 1.165) is 22.4 Å². The maximum atomic E-state index is 4.31. The lowest BCUT2D eigenvalue weighted by Gasteiger charge is -1.97. The van der Waals surface area contributed by atoms with Gasteiger partial charge in [0.05, 0.1) is 17.6 Å². The van der Waals surface area contributed by atoms with Gasteiger partial charge in [-0.15, -0.1) is 0 Å². The van der Waals surface area contributed by atoms with E-state index in [1.54, 1.807) is 6.20 Å². The molecule has 0 spiro atoms. The van der Waals surface area contributed by atoms with Gasteiger partial charge in [-0.05, 0) is 38.5 Å². The lowest BCUT2D eigenvalue weighted by atomic mass is 10.3. The number of rotatable bonds is 0. The highest BCUT2D eigenvalue weighted by atomic mass is 127. The molecule has 0 atom stereocenters. The Morgan fingerprint density at radius 2 is 2.36 bits per heavy atom. The van der Waals surface area contributed by atoms with Crippen LogP contribution in [0.25, 0.3) is 3.58 Å². The number of nitrogens with zero attached hydrogens (tertiary/aromatic N) is 2. The van der Waals surface area contributed by atoms with Crippen LogP contribution in [0.4, 0.5) is 0 Å². The van der Waals surface area contributed by atoms with Crippen LogP contribution >= 0.6 is 38.5 Å². The molecule has 0 saturated carbocycles. The summed E-state index contributed by atoms with van der Waals surface area (Å²) >= 11 is 5.57. The van der Waals surface area contributed by atoms with E-state index in [-0.39, 0.29) is 0 Å². The molecule has 1 aromatic heterocycles. The molecule has 0 unspecified atom stereocenters. The Morgan fingerprint density at radius 1 is 1.55 bits per heavy atom. The summed E-state index contributed by atoms with van der Waals surface area (Å²) in [6.07, 6.45) is 4.80. The van der Waals surface area contributed by atoms with Crippen LogP contribution in [0.15, 0.2) is 16.9 Å². The molecule has 0 amide bonds. The molecule has 0 radical (unpaired) electrons. The van der Waals surface area contributed by atoms with Gasteiger partial charge in [0.2, 0.25) is 0 Å². The summed E-state index contributed by atoms with van der Waals surface area (Å²) in [6.45, 7) is 0. The highest BCUT2D eigenvalue weighted by Gasteiger charge is 2.14. The van der Waals surface area contributed by atoms with Gasteiger partial charge in [-0.3, -0.25) is 4.98 Å². The molecule has 1 aliphatic rings. The summed E-state index contributed by atoms with van der Waals surface area (Å²) in [7, 11) is 0. The molecule has 0 saturated heterocycles. The van der Waals surface area contributed by atoms with Crippen LogP contribution in [-0.2, 0) is 6.42 Å². The number of fused-ring (bicyclic) bond motifs is 1. The monoisotopic (exact) mass is 322 g/mol. The first-order chi connectivity index (χ1) is 5.27. The molecule has 0 aliphatic heterocycles.